The topological polar surface area (TPSA) is 54.3 Å². The first-order chi connectivity index (χ1) is 9.00. The summed E-state index contributed by atoms with van der Waals surface area (Å²) in [5.74, 6) is 1.41. The standard InChI is InChI=1S/C15H22N2O2/c1-12(2)17-15(3,11-16)9-10-19-14-8-6-5-7-13(14)18-4/h5-8,12,17H,9-10H2,1-4H3. The minimum atomic E-state index is -0.573. The molecule has 0 spiro atoms. The minimum absolute atomic E-state index is 0.260. The lowest BCUT2D eigenvalue weighted by atomic mass is 9.99. The van der Waals surface area contributed by atoms with Gasteiger partial charge in [0.25, 0.3) is 0 Å². The van der Waals surface area contributed by atoms with Crippen LogP contribution in [0.15, 0.2) is 24.3 Å². The summed E-state index contributed by atoms with van der Waals surface area (Å²) in [5.41, 5.74) is -0.573. The van der Waals surface area contributed by atoms with Crippen LogP contribution in [0.1, 0.15) is 27.2 Å². The van der Waals surface area contributed by atoms with E-state index in [1.165, 1.54) is 0 Å². The number of hydrogen-bond acceptors (Lipinski definition) is 4. The Morgan fingerprint density at radius 2 is 1.95 bits per heavy atom. The zero-order valence-corrected chi connectivity index (χ0v) is 12.1. The van der Waals surface area contributed by atoms with Crippen molar-refractivity contribution in [2.24, 2.45) is 0 Å². The zero-order chi connectivity index (χ0) is 14.3. The maximum absolute atomic E-state index is 9.24. The summed E-state index contributed by atoms with van der Waals surface area (Å²) in [5, 5.41) is 12.5. The van der Waals surface area contributed by atoms with Crippen LogP contribution in [0.3, 0.4) is 0 Å². The zero-order valence-electron chi connectivity index (χ0n) is 12.1. The molecule has 1 aromatic carbocycles. The molecule has 0 aliphatic rings. The molecule has 1 atom stereocenters. The van der Waals surface area contributed by atoms with Crippen LogP contribution in [0.4, 0.5) is 0 Å². The highest BCUT2D eigenvalue weighted by Gasteiger charge is 2.24. The number of rotatable bonds is 7. The van der Waals surface area contributed by atoms with Gasteiger partial charge in [0.2, 0.25) is 0 Å². The number of methoxy groups -OCH3 is 1. The first-order valence-corrected chi connectivity index (χ1v) is 6.45. The molecule has 4 nitrogen and oxygen atoms in total. The highest BCUT2D eigenvalue weighted by Crippen LogP contribution is 2.26. The molecule has 1 aromatic rings. The van der Waals surface area contributed by atoms with E-state index in [0.29, 0.717) is 24.5 Å². The third-order valence-corrected chi connectivity index (χ3v) is 2.78. The van der Waals surface area contributed by atoms with Gasteiger partial charge in [-0.05, 0) is 32.9 Å². The summed E-state index contributed by atoms with van der Waals surface area (Å²) in [6.07, 6.45) is 0.611. The van der Waals surface area contributed by atoms with Gasteiger partial charge in [-0.2, -0.15) is 5.26 Å². The largest absolute Gasteiger partial charge is 0.493 e. The number of benzene rings is 1. The van der Waals surface area contributed by atoms with Crippen LogP contribution in [-0.4, -0.2) is 25.3 Å². The molecular formula is C15H22N2O2. The molecule has 0 bridgehead atoms. The molecule has 0 fully saturated rings. The maximum Gasteiger partial charge on any atom is 0.161 e. The average molecular weight is 262 g/mol. The fourth-order valence-corrected chi connectivity index (χ4v) is 1.90. The second-order valence-electron chi connectivity index (χ2n) is 4.99. The van der Waals surface area contributed by atoms with E-state index in [-0.39, 0.29) is 6.04 Å². The molecule has 0 aliphatic heterocycles. The molecule has 19 heavy (non-hydrogen) atoms. The van der Waals surface area contributed by atoms with E-state index in [1.807, 2.05) is 45.0 Å². The Hall–Kier alpha value is -1.73. The summed E-state index contributed by atoms with van der Waals surface area (Å²) in [7, 11) is 1.61. The van der Waals surface area contributed by atoms with Crippen molar-refractivity contribution in [1.29, 1.82) is 5.26 Å². The number of hydrogen-bond donors (Lipinski definition) is 1. The van der Waals surface area contributed by atoms with Crippen molar-refractivity contribution in [1.82, 2.24) is 5.32 Å². The molecule has 1 N–H and O–H groups in total. The molecule has 0 heterocycles. The maximum atomic E-state index is 9.24. The smallest absolute Gasteiger partial charge is 0.161 e. The van der Waals surface area contributed by atoms with Gasteiger partial charge in [0.05, 0.1) is 19.8 Å². The van der Waals surface area contributed by atoms with Gasteiger partial charge < -0.3 is 9.47 Å². The van der Waals surface area contributed by atoms with Crippen molar-refractivity contribution in [3.8, 4) is 17.6 Å². The van der Waals surface area contributed by atoms with Gasteiger partial charge in [-0.25, -0.2) is 0 Å². The third kappa shape index (κ3) is 4.80. The second kappa shape index (κ2) is 7.01. The van der Waals surface area contributed by atoms with Gasteiger partial charge in [0.1, 0.15) is 5.54 Å². The monoisotopic (exact) mass is 262 g/mol. The normalized spacial score (nSPS) is 13.7. The van der Waals surface area contributed by atoms with Crippen molar-refractivity contribution in [3.63, 3.8) is 0 Å². The fraction of sp³-hybridized carbons (Fsp3) is 0.533. The summed E-state index contributed by atoms with van der Waals surface area (Å²) < 4.78 is 10.9. The Labute approximate surface area is 115 Å². The van der Waals surface area contributed by atoms with Crippen molar-refractivity contribution >= 4 is 0 Å². The molecule has 4 heteroatoms. The molecule has 0 radical (unpaired) electrons. The average Bonchev–Trinajstić information content (AvgIpc) is 2.38. The van der Waals surface area contributed by atoms with Gasteiger partial charge in [0.15, 0.2) is 11.5 Å². The molecule has 1 rings (SSSR count). The van der Waals surface area contributed by atoms with Crippen LogP contribution >= 0.6 is 0 Å². The van der Waals surface area contributed by atoms with E-state index in [0.717, 1.165) is 0 Å². The molecular weight excluding hydrogens is 240 g/mol. The third-order valence-electron chi connectivity index (χ3n) is 2.78. The van der Waals surface area contributed by atoms with Gasteiger partial charge >= 0.3 is 0 Å². The van der Waals surface area contributed by atoms with Crippen LogP contribution in [-0.2, 0) is 0 Å². The number of para-hydroxylation sites is 2. The molecule has 0 saturated carbocycles. The van der Waals surface area contributed by atoms with E-state index >= 15 is 0 Å². The van der Waals surface area contributed by atoms with E-state index in [4.69, 9.17) is 9.47 Å². The number of ether oxygens (including phenoxy) is 2. The lowest BCUT2D eigenvalue weighted by Gasteiger charge is -2.25. The van der Waals surface area contributed by atoms with Crippen molar-refractivity contribution < 1.29 is 9.47 Å². The number of nitriles is 1. The van der Waals surface area contributed by atoms with Crippen LogP contribution in [0.25, 0.3) is 0 Å². The second-order valence-corrected chi connectivity index (χ2v) is 4.99. The molecule has 1 unspecified atom stereocenters. The molecule has 0 aromatic heterocycles. The lowest BCUT2D eigenvalue weighted by Crippen LogP contribution is -2.45. The molecule has 0 aliphatic carbocycles. The summed E-state index contributed by atoms with van der Waals surface area (Å²) in [6.45, 7) is 6.40. The first-order valence-electron chi connectivity index (χ1n) is 6.45. The molecule has 104 valence electrons. The Bertz CT molecular complexity index is 440. The quantitative estimate of drug-likeness (QED) is 0.821. The minimum Gasteiger partial charge on any atom is -0.493 e. The molecule has 0 amide bonds. The predicted octanol–water partition coefficient (Wildman–Crippen LogP) is 2.74. The van der Waals surface area contributed by atoms with Gasteiger partial charge in [0, 0.05) is 12.5 Å². The van der Waals surface area contributed by atoms with E-state index in [2.05, 4.69) is 11.4 Å². The van der Waals surface area contributed by atoms with Crippen molar-refractivity contribution in [3.05, 3.63) is 24.3 Å². The Morgan fingerprint density at radius 1 is 1.32 bits per heavy atom. The number of nitrogens with one attached hydrogen (secondary N) is 1. The molecule has 0 saturated heterocycles. The Balaban J connectivity index is 2.55. The van der Waals surface area contributed by atoms with Gasteiger partial charge in [-0.1, -0.05) is 12.1 Å². The van der Waals surface area contributed by atoms with Gasteiger partial charge in [-0.3, -0.25) is 5.32 Å². The van der Waals surface area contributed by atoms with Crippen LogP contribution in [0.5, 0.6) is 11.5 Å². The first kappa shape index (κ1) is 15.3. The summed E-state index contributed by atoms with van der Waals surface area (Å²) in [4.78, 5) is 0. The fourth-order valence-electron chi connectivity index (χ4n) is 1.90. The van der Waals surface area contributed by atoms with Crippen LogP contribution in [0.2, 0.25) is 0 Å². The Morgan fingerprint density at radius 3 is 2.47 bits per heavy atom. The van der Waals surface area contributed by atoms with E-state index < -0.39 is 5.54 Å². The van der Waals surface area contributed by atoms with Crippen LogP contribution in [0, 0.1) is 11.3 Å². The van der Waals surface area contributed by atoms with E-state index in [9.17, 15) is 5.26 Å². The summed E-state index contributed by atoms with van der Waals surface area (Å²) >= 11 is 0. The SMILES string of the molecule is COc1ccccc1OCCC(C)(C#N)NC(C)C. The van der Waals surface area contributed by atoms with Crippen molar-refractivity contribution in [2.45, 2.75) is 38.8 Å². The summed E-state index contributed by atoms with van der Waals surface area (Å²) in [6, 6.07) is 10.1. The highest BCUT2D eigenvalue weighted by atomic mass is 16.5. The van der Waals surface area contributed by atoms with Crippen LogP contribution < -0.4 is 14.8 Å². The number of nitrogens with zero attached hydrogens (tertiary/aromatic N) is 1. The highest BCUT2D eigenvalue weighted by molar-refractivity contribution is 5.39. The van der Waals surface area contributed by atoms with E-state index in [1.54, 1.807) is 7.11 Å². The Kier molecular flexibility index (Phi) is 5.65. The van der Waals surface area contributed by atoms with Crippen molar-refractivity contribution in [2.75, 3.05) is 13.7 Å². The van der Waals surface area contributed by atoms with Gasteiger partial charge in [-0.15, -0.1) is 0 Å². The predicted molar refractivity (Wildman–Crippen MR) is 75.4 cm³/mol. The lowest BCUT2D eigenvalue weighted by molar-refractivity contribution is 0.250.